The van der Waals surface area contributed by atoms with E-state index in [0.717, 1.165) is 21.7 Å². The summed E-state index contributed by atoms with van der Waals surface area (Å²) < 4.78 is 12.3. The maximum absolute atomic E-state index is 12.7. The Labute approximate surface area is 180 Å². The van der Waals surface area contributed by atoms with E-state index in [2.05, 4.69) is 26.8 Å². The first-order valence-corrected chi connectivity index (χ1v) is 10.5. The lowest BCUT2D eigenvalue weighted by Gasteiger charge is -2.27. The van der Waals surface area contributed by atoms with Crippen LogP contribution in [-0.2, 0) is 10.2 Å². The van der Waals surface area contributed by atoms with E-state index in [1.807, 2.05) is 52.0 Å². The average Bonchev–Trinajstić information content (AvgIpc) is 2.59. The minimum Gasteiger partial charge on any atom is -0.490 e. The molecule has 0 amide bonds. The van der Waals surface area contributed by atoms with Crippen LogP contribution in [0, 0.1) is 5.92 Å². The molecule has 0 radical (unpaired) electrons. The van der Waals surface area contributed by atoms with Crippen LogP contribution >= 0.6 is 12.2 Å². The lowest BCUT2D eigenvalue weighted by Crippen LogP contribution is -2.18. The molecule has 0 fully saturated rings. The first-order chi connectivity index (χ1) is 13.5. The summed E-state index contributed by atoms with van der Waals surface area (Å²) in [6.07, 6.45) is 10.7. The summed E-state index contributed by atoms with van der Waals surface area (Å²) in [6, 6.07) is 4.03. The van der Waals surface area contributed by atoms with Gasteiger partial charge in [0.15, 0.2) is 5.78 Å². The third kappa shape index (κ3) is 6.40. The molecule has 0 saturated heterocycles. The van der Waals surface area contributed by atoms with Crippen molar-refractivity contribution >= 4 is 28.9 Å². The molecule has 0 saturated carbocycles. The number of benzene rings is 1. The van der Waals surface area contributed by atoms with Crippen molar-refractivity contribution in [1.29, 1.82) is 0 Å². The molecule has 0 bridgehead atoms. The second-order valence-corrected chi connectivity index (χ2v) is 9.29. The van der Waals surface area contributed by atoms with Gasteiger partial charge in [-0.25, -0.2) is 0 Å². The molecule has 0 atom stereocenters. The summed E-state index contributed by atoms with van der Waals surface area (Å²) >= 11 is 5.11. The van der Waals surface area contributed by atoms with Gasteiger partial charge in [-0.1, -0.05) is 51.2 Å². The zero-order valence-electron chi connectivity index (χ0n) is 18.5. The minimum absolute atomic E-state index is 0.00141. The molecule has 0 heterocycles. The summed E-state index contributed by atoms with van der Waals surface area (Å²) in [5.74, 6) is 1.18. The normalized spacial score (nSPS) is 15.0. The number of ether oxygens (including phenoxy) is 2. The topological polar surface area (TPSA) is 35.5 Å². The van der Waals surface area contributed by atoms with Gasteiger partial charge >= 0.3 is 0 Å². The standard InChI is InChI=1S/C25H32O3S/c1-16(2)27-23-15-13-21(25(5,6)7)24(28-17(3)4)20(23)12-14-22(26)18-8-10-19(29)11-9-18/h8-18H,1-7H3/b14-12+. The molecular formula is C25H32O3S. The van der Waals surface area contributed by atoms with Gasteiger partial charge in [0.1, 0.15) is 11.5 Å². The minimum atomic E-state index is -0.298. The Morgan fingerprint density at radius 1 is 1.03 bits per heavy atom. The second-order valence-electron chi connectivity index (χ2n) is 8.82. The molecule has 3 nitrogen and oxygen atoms in total. The lowest BCUT2D eigenvalue weighted by atomic mass is 9.84. The smallest absolute Gasteiger partial charge is 0.166 e. The zero-order valence-corrected chi connectivity index (χ0v) is 19.3. The van der Waals surface area contributed by atoms with Gasteiger partial charge in [-0.05, 0) is 63.5 Å². The Kier molecular flexibility index (Phi) is 7.59. The Balaban J connectivity index is 2.52. The highest BCUT2D eigenvalue weighted by Crippen LogP contribution is 2.40. The third-order valence-corrected chi connectivity index (χ3v) is 4.63. The number of allylic oxidation sites excluding steroid dienone is 5. The molecule has 0 spiro atoms. The number of rotatable bonds is 7. The van der Waals surface area contributed by atoms with Gasteiger partial charge < -0.3 is 9.47 Å². The van der Waals surface area contributed by atoms with E-state index in [9.17, 15) is 4.79 Å². The van der Waals surface area contributed by atoms with Crippen LogP contribution in [0.2, 0.25) is 0 Å². The highest BCUT2D eigenvalue weighted by molar-refractivity contribution is 7.81. The monoisotopic (exact) mass is 412 g/mol. The van der Waals surface area contributed by atoms with Crippen molar-refractivity contribution in [2.24, 2.45) is 5.92 Å². The highest BCUT2D eigenvalue weighted by atomic mass is 32.1. The van der Waals surface area contributed by atoms with Crippen molar-refractivity contribution in [3.8, 4) is 11.5 Å². The Morgan fingerprint density at radius 2 is 1.62 bits per heavy atom. The molecule has 4 heteroatoms. The Morgan fingerprint density at radius 3 is 2.14 bits per heavy atom. The van der Waals surface area contributed by atoms with Crippen molar-refractivity contribution in [3.05, 3.63) is 53.6 Å². The number of carbonyl (C=O) groups is 1. The number of carbonyl (C=O) groups excluding carboxylic acids is 1. The van der Waals surface area contributed by atoms with Crippen LogP contribution in [0.4, 0.5) is 0 Å². The largest absolute Gasteiger partial charge is 0.490 e. The fourth-order valence-corrected chi connectivity index (χ4v) is 3.19. The van der Waals surface area contributed by atoms with Gasteiger partial charge in [-0.3, -0.25) is 4.79 Å². The maximum atomic E-state index is 12.7. The van der Waals surface area contributed by atoms with Gasteiger partial charge in [0, 0.05) is 10.4 Å². The predicted molar refractivity (Wildman–Crippen MR) is 125 cm³/mol. The van der Waals surface area contributed by atoms with Crippen LogP contribution in [0.5, 0.6) is 11.5 Å². The van der Waals surface area contributed by atoms with Crippen molar-refractivity contribution in [1.82, 2.24) is 0 Å². The van der Waals surface area contributed by atoms with Gasteiger partial charge in [-0.15, -0.1) is 0 Å². The first-order valence-electron chi connectivity index (χ1n) is 10.1. The quantitative estimate of drug-likeness (QED) is 0.391. The van der Waals surface area contributed by atoms with Gasteiger partial charge in [-0.2, -0.15) is 0 Å². The molecule has 29 heavy (non-hydrogen) atoms. The zero-order chi connectivity index (χ0) is 21.8. The molecule has 1 aromatic rings. The van der Waals surface area contributed by atoms with Crippen LogP contribution in [-0.4, -0.2) is 22.9 Å². The summed E-state index contributed by atoms with van der Waals surface area (Å²) in [5.41, 5.74) is 1.77. The fourth-order valence-electron chi connectivity index (χ4n) is 3.03. The van der Waals surface area contributed by atoms with E-state index in [-0.39, 0.29) is 29.3 Å². The van der Waals surface area contributed by atoms with Gasteiger partial charge in [0.2, 0.25) is 0 Å². The molecule has 0 N–H and O–H groups in total. The van der Waals surface area contributed by atoms with Crippen LogP contribution < -0.4 is 9.47 Å². The third-order valence-electron chi connectivity index (χ3n) is 4.36. The van der Waals surface area contributed by atoms with E-state index in [0.29, 0.717) is 5.75 Å². The van der Waals surface area contributed by atoms with Crippen molar-refractivity contribution in [2.45, 2.75) is 66.1 Å². The van der Waals surface area contributed by atoms with Crippen molar-refractivity contribution in [3.63, 3.8) is 0 Å². The number of thiocarbonyl (C=S) groups is 1. The Bertz CT molecular complexity index is 836. The fraction of sp³-hybridized carbons (Fsp3) is 0.440. The van der Waals surface area contributed by atoms with Crippen LogP contribution in [0.15, 0.2) is 42.5 Å². The van der Waals surface area contributed by atoms with E-state index < -0.39 is 0 Å². The van der Waals surface area contributed by atoms with E-state index in [1.54, 1.807) is 18.2 Å². The van der Waals surface area contributed by atoms with Crippen LogP contribution in [0.25, 0.3) is 6.08 Å². The molecule has 0 aromatic heterocycles. The molecule has 2 rings (SSSR count). The van der Waals surface area contributed by atoms with E-state index in [1.165, 1.54) is 0 Å². The number of hydrogen-bond donors (Lipinski definition) is 0. The highest BCUT2D eigenvalue weighted by Gasteiger charge is 2.24. The molecule has 0 unspecified atom stereocenters. The number of ketones is 1. The van der Waals surface area contributed by atoms with Crippen LogP contribution in [0.1, 0.15) is 59.6 Å². The lowest BCUT2D eigenvalue weighted by molar-refractivity contribution is -0.115. The van der Waals surface area contributed by atoms with Gasteiger partial charge in [0.05, 0.1) is 23.7 Å². The van der Waals surface area contributed by atoms with Gasteiger partial charge in [0.25, 0.3) is 0 Å². The molecule has 1 aromatic carbocycles. The number of hydrogen-bond acceptors (Lipinski definition) is 4. The van der Waals surface area contributed by atoms with E-state index in [4.69, 9.17) is 21.7 Å². The van der Waals surface area contributed by atoms with Crippen molar-refractivity contribution < 1.29 is 14.3 Å². The first kappa shape index (κ1) is 23.1. The predicted octanol–water partition coefficient (Wildman–Crippen LogP) is 6.25. The maximum Gasteiger partial charge on any atom is 0.166 e. The van der Waals surface area contributed by atoms with Crippen molar-refractivity contribution in [2.75, 3.05) is 0 Å². The SMILES string of the molecule is CC(C)Oc1ccc(C(C)(C)C)c(OC(C)C)c1/C=C/C(=O)C1C=CC(=S)C=C1. The van der Waals surface area contributed by atoms with Crippen LogP contribution in [0.3, 0.4) is 0 Å². The second kappa shape index (κ2) is 9.53. The summed E-state index contributed by atoms with van der Waals surface area (Å²) in [4.78, 5) is 13.4. The molecule has 1 aliphatic carbocycles. The van der Waals surface area contributed by atoms with E-state index >= 15 is 0 Å². The molecule has 1 aliphatic rings. The molecular weight excluding hydrogens is 380 g/mol. The molecule has 156 valence electrons. The summed E-state index contributed by atoms with van der Waals surface area (Å²) in [5, 5.41) is 0. The Hall–Kier alpha value is -2.20. The summed E-state index contributed by atoms with van der Waals surface area (Å²) in [7, 11) is 0. The average molecular weight is 413 g/mol. The molecule has 0 aliphatic heterocycles. The summed E-state index contributed by atoms with van der Waals surface area (Å²) in [6.45, 7) is 14.4.